The molecular formula is C36H26N2S. The van der Waals surface area contributed by atoms with E-state index in [4.69, 9.17) is 0 Å². The van der Waals surface area contributed by atoms with Crippen molar-refractivity contribution < 1.29 is 0 Å². The quantitative estimate of drug-likeness (QED) is 0.253. The van der Waals surface area contributed by atoms with Crippen LogP contribution in [0.15, 0.2) is 110 Å². The molecule has 1 unspecified atom stereocenters. The smallest absolute Gasteiger partial charge is 0.0548 e. The Morgan fingerprint density at radius 1 is 0.795 bits per heavy atom. The zero-order chi connectivity index (χ0) is 25.9. The maximum Gasteiger partial charge on any atom is 0.0548 e. The van der Waals surface area contributed by atoms with Gasteiger partial charge in [0, 0.05) is 42.5 Å². The third-order valence-electron chi connectivity index (χ3n) is 8.02. The third-order valence-corrected chi connectivity index (χ3v) is 9.17. The molecule has 7 aromatic rings. The van der Waals surface area contributed by atoms with Gasteiger partial charge in [0.2, 0.25) is 0 Å². The second kappa shape index (κ2) is 8.72. The van der Waals surface area contributed by atoms with Crippen LogP contribution in [-0.2, 0) is 0 Å². The number of fused-ring (bicyclic) bond motifs is 8. The Balaban J connectivity index is 1.12. The number of aromatic nitrogens is 1. The fourth-order valence-electron chi connectivity index (χ4n) is 6.19. The molecule has 0 saturated heterocycles. The van der Waals surface area contributed by atoms with E-state index in [2.05, 4.69) is 132 Å². The number of nitrogens with one attached hydrogen (secondary N) is 1. The van der Waals surface area contributed by atoms with Crippen molar-refractivity contribution in [1.29, 1.82) is 0 Å². The van der Waals surface area contributed by atoms with E-state index >= 15 is 0 Å². The molecule has 39 heavy (non-hydrogen) atoms. The lowest BCUT2D eigenvalue weighted by atomic mass is 9.92. The van der Waals surface area contributed by atoms with Gasteiger partial charge in [0.05, 0.1) is 16.6 Å². The minimum absolute atomic E-state index is 0.413. The Bertz CT molecular complexity index is 2250. The summed E-state index contributed by atoms with van der Waals surface area (Å²) in [5, 5.41) is 10.1. The fraction of sp³-hybridized carbons (Fsp3) is 0.0556. The summed E-state index contributed by atoms with van der Waals surface area (Å²) in [5.74, 6) is 0.413. The van der Waals surface area contributed by atoms with Crippen molar-refractivity contribution in [1.82, 2.24) is 4.40 Å². The van der Waals surface area contributed by atoms with Crippen molar-refractivity contribution in [2.24, 2.45) is 0 Å². The first-order valence-corrected chi connectivity index (χ1v) is 14.2. The fourth-order valence-corrected chi connectivity index (χ4v) is 7.40. The summed E-state index contributed by atoms with van der Waals surface area (Å²) in [7, 11) is 0. The Labute approximate surface area is 230 Å². The van der Waals surface area contributed by atoms with E-state index in [0.717, 1.165) is 17.8 Å². The van der Waals surface area contributed by atoms with E-state index in [0.29, 0.717) is 5.92 Å². The number of benzene rings is 4. The number of nitrogens with zero attached hydrogens (tertiary/aromatic N) is 1. The molecule has 0 bridgehead atoms. The summed E-state index contributed by atoms with van der Waals surface area (Å²) in [6.07, 6.45) is 9.92. The molecule has 0 saturated carbocycles. The Kier molecular flexibility index (Phi) is 5.01. The molecule has 3 heterocycles. The molecule has 0 amide bonds. The average molecular weight is 519 g/mol. The van der Waals surface area contributed by atoms with Crippen LogP contribution in [0.3, 0.4) is 0 Å². The standard InChI is InChI=1S/C36H26N2S/c1-2-7-28-31-22-27(17-19-33(31)38-32-10-5-3-8-25(32)20-34(28)38)37-26-15-12-23(13-16-26)24-14-18-30-29-9-4-6-11-35(29)39-36(30)21-24/h2-13,15-22,24,37H,1,14H2/b28-7-. The van der Waals surface area contributed by atoms with Gasteiger partial charge in [0.25, 0.3) is 0 Å². The Morgan fingerprint density at radius 3 is 2.51 bits per heavy atom. The molecular weight excluding hydrogens is 492 g/mol. The highest BCUT2D eigenvalue weighted by Gasteiger charge is 2.14. The van der Waals surface area contributed by atoms with Crippen molar-refractivity contribution in [3.05, 3.63) is 130 Å². The van der Waals surface area contributed by atoms with Crippen molar-refractivity contribution in [3.63, 3.8) is 0 Å². The van der Waals surface area contributed by atoms with Gasteiger partial charge < -0.3 is 9.72 Å². The van der Waals surface area contributed by atoms with Crippen LogP contribution in [0.4, 0.5) is 11.4 Å². The number of para-hydroxylation sites is 1. The Morgan fingerprint density at radius 2 is 1.62 bits per heavy atom. The van der Waals surface area contributed by atoms with Crippen LogP contribution in [0.1, 0.15) is 17.9 Å². The van der Waals surface area contributed by atoms with Gasteiger partial charge in [0.15, 0.2) is 0 Å². The van der Waals surface area contributed by atoms with Crippen LogP contribution < -0.4 is 20.3 Å². The molecule has 1 aliphatic carbocycles. The van der Waals surface area contributed by atoms with Gasteiger partial charge in [-0.25, -0.2) is 0 Å². The van der Waals surface area contributed by atoms with Crippen molar-refractivity contribution in [3.8, 4) is 0 Å². The van der Waals surface area contributed by atoms with Crippen LogP contribution in [-0.4, -0.2) is 4.40 Å². The molecule has 3 heteroatoms. The number of hydrogen-bond donors (Lipinski definition) is 1. The highest BCUT2D eigenvalue weighted by Crippen LogP contribution is 2.30. The molecule has 0 aliphatic heterocycles. The zero-order valence-corrected chi connectivity index (χ0v) is 22.2. The lowest BCUT2D eigenvalue weighted by molar-refractivity contribution is 0.926. The van der Waals surface area contributed by atoms with Crippen LogP contribution in [0.2, 0.25) is 0 Å². The molecule has 8 rings (SSSR count). The van der Waals surface area contributed by atoms with Gasteiger partial charge in [-0.05, 0) is 71.1 Å². The van der Waals surface area contributed by atoms with E-state index in [1.807, 2.05) is 17.4 Å². The molecule has 0 fully saturated rings. The summed E-state index contributed by atoms with van der Waals surface area (Å²) < 4.78 is 5.13. The summed E-state index contributed by atoms with van der Waals surface area (Å²) in [6, 6.07) is 35.2. The number of thiophene rings is 1. The van der Waals surface area contributed by atoms with E-state index in [9.17, 15) is 0 Å². The monoisotopic (exact) mass is 518 g/mol. The maximum atomic E-state index is 3.98. The first-order chi connectivity index (χ1) is 19.3. The molecule has 0 spiro atoms. The normalized spacial score (nSPS) is 15.5. The lowest BCUT2D eigenvalue weighted by Gasteiger charge is -2.14. The average Bonchev–Trinajstić information content (AvgIpc) is 3.62. The topological polar surface area (TPSA) is 16.4 Å². The van der Waals surface area contributed by atoms with Crippen molar-refractivity contribution >= 4 is 78.3 Å². The van der Waals surface area contributed by atoms with Crippen LogP contribution in [0.5, 0.6) is 0 Å². The molecule has 0 radical (unpaired) electrons. The first kappa shape index (κ1) is 22.4. The predicted molar refractivity (Wildman–Crippen MR) is 169 cm³/mol. The SMILES string of the molecule is C=C/C=c1/c2cc(Nc3ccc(C4C=c5sc6ccccc6c5=CC4)cc3)ccc2n2c1cc1ccccc12. The molecule has 3 aromatic heterocycles. The van der Waals surface area contributed by atoms with E-state index in [1.165, 1.54) is 57.9 Å². The van der Waals surface area contributed by atoms with Crippen molar-refractivity contribution in [2.45, 2.75) is 12.3 Å². The summed E-state index contributed by atoms with van der Waals surface area (Å²) >= 11 is 1.90. The van der Waals surface area contributed by atoms with Crippen LogP contribution in [0.25, 0.3) is 55.6 Å². The van der Waals surface area contributed by atoms with Crippen molar-refractivity contribution in [2.75, 3.05) is 5.32 Å². The highest BCUT2D eigenvalue weighted by molar-refractivity contribution is 7.17. The molecule has 4 aromatic carbocycles. The predicted octanol–water partition coefficient (Wildman–Crippen LogP) is 7.64. The minimum Gasteiger partial charge on any atom is -0.356 e. The van der Waals surface area contributed by atoms with Crippen LogP contribution >= 0.6 is 11.3 Å². The summed E-state index contributed by atoms with van der Waals surface area (Å²) in [6.45, 7) is 3.98. The van der Waals surface area contributed by atoms with Gasteiger partial charge in [-0.15, -0.1) is 11.3 Å². The van der Waals surface area contributed by atoms with Crippen LogP contribution in [0, 0.1) is 0 Å². The van der Waals surface area contributed by atoms with E-state index in [1.54, 1.807) is 0 Å². The third kappa shape index (κ3) is 3.54. The molecule has 186 valence electrons. The Hall–Kier alpha value is -4.60. The molecule has 1 N–H and O–H groups in total. The second-order valence-corrected chi connectivity index (χ2v) is 11.4. The first-order valence-electron chi connectivity index (χ1n) is 13.4. The number of rotatable bonds is 4. The number of allylic oxidation sites excluding steroid dienone is 1. The zero-order valence-electron chi connectivity index (χ0n) is 21.4. The highest BCUT2D eigenvalue weighted by atomic mass is 32.1. The van der Waals surface area contributed by atoms with Gasteiger partial charge >= 0.3 is 0 Å². The van der Waals surface area contributed by atoms with E-state index < -0.39 is 0 Å². The number of anilines is 2. The van der Waals surface area contributed by atoms with Gasteiger partial charge in [-0.2, -0.15) is 0 Å². The van der Waals surface area contributed by atoms with Gasteiger partial charge in [0.1, 0.15) is 0 Å². The lowest BCUT2D eigenvalue weighted by Crippen LogP contribution is -2.23. The second-order valence-electron chi connectivity index (χ2n) is 10.3. The summed E-state index contributed by atoms with van der Waals surface area (Å²) in [5.41, 5.74) is 7.20. The summed E-state index contributed by atoms with van der Waals surface area (Å²) in [4.78, 5) is 0. The molecule has 2 nitrogen and oxygen atoms in total. The van der Waals surface area contributed by atoms with Gasteiger partial charge in [-0.1, -0.05) is 79.4 Å². The minimum atomic E-state index is 0.413. The maximum absolute atomic E-state index is 3.98. The van der Waals surface area contributed by atoms with E-state index in [-0.39, 0.29) is 0 Å². The van der Waals surface area contributed by atoms with Gasteiger partial charge in [-0.3, -0.25) is 0 Å². The largest absolute Gasteiger partial charge is 0.356 e. The molecule has 1 aliphatic rings. The number of hydrogen-bond acceptors (Lipinski definition) is 2. The molecule has 1 atom stereocenters.